The van der Waals surface area contributed by atoms with Crippen LogP contribution >= 0.6 is 0 Å². The fourth-order valence-corrected chi connectivity index (χ4v) is 1.42. The van der Waals surface area contributed by atoms with Crippen LogP contribution in [0.3, 0.4) is 0 Å². The number of nitrogens with zero attached hydrogens (tertiary/aromatic N) is 2. The van der Waals surface area contributed by atoms with Gasteiger partial charge >= 0.3 is 0 Å². The summed E-state index contributed by atoms with van der Waals surface area (Å²) in [6.45, 7) is 0.592. The van der Waals surface area contributed by atoms with Gasteiger partial charge < -0.3 is 5.73 Å². The number of rotatable bonds is 3. The van der Waals surface area contributed by atoms with E-state index >= 15 is 0 Å². The molecule has 2 aromatic rings. The predicted molar refractivity (Wildman–Crippen MR) is 56.3 cm³/mol. The third-order valence-corrected chi connectivity index (χ3v) is 2.14. The topological polar surface area (TPSA) is 43.8 Å². The minimum Gasteiger partial charge on any atom is -0.330 e. The van der Waals surface area contributed by atoms with Crippen molar-refractivity contribution in [3.05, 3.63) is 48.0 Å². The number of aromatic nitrogens is 2. The highest BCUT2D eigenvalue weighted by molar-refractivity contribution is 5.31. The molecule has 0 radical (unpaired) electrons. The molecule has 3 nitrogen and oxygen atoms in total. The number of hydrogen-bond acceptors (Lipinski definition) is 2. The zero-order valence-electron chi connectivity index (χ0n) is 8.23. The van der Waals surface area contributed by atoms with Crippen LogP contribution in [0, 0.1) is 5.82 Å². The maximum Gasteiger partial charge on any atom is 0.125 e. The molecule has 0 saturated heterocycles. The number of benzene rings is 1. The monoisotopic (exact) mass is 205 g/mol. The number of halogens is 1. The van der Waals surface area contributed by atoms with E-state index in [4.69, 9.17) is 5.73 Å². The minimum atomic E-state index is -0.261. The third-order valence-electron chi connectivity index (χ3n) is 2.14. The summed E-state index contributed by atoms with van der Waals surface area (Å²) in [6.07, 6.45) is 4.40. The van der Waals surface area contributed by atoms with Gasteiger partial charge in [-0.05, 0) is 36.7 Å². The van der Waals surface area contributed by atoms with Crippen LogP contribution in [0.25, 0.3) is 5.69 Å². The van der Waals surface area contributed by atoms with Gasteiger partial charge in [0.05, 0.1) is 11.9 Å². The highest BCUT2D eigenvalue weighted by atomic mass is 19.1. The molecule has 4 heteroatoms. The standard InChI is InChI=1S/C11H12FN3/c12-10-2-1-3-11(6-10)15-8-9(4-5-13)7-14-15/h1-3,6-8H,4-5,13H2. The summed E-state index contributed by atoms with van der Waals surface area (Å²) >= 11 is 0. The molecule has 1 heterocycles. The van der Waals surface area contributed by atoms with Gasteiger partial charge in [-0.25, -0.2) is 9.07 Å². The number of hydrogen-bond donors (Lipinski definition) is 1. The Morgan fingerprint density at radius 1 is 1.40 bits per heavy atom. The Bertz CT molecular complexity index is 451. The fraction of sp³-hybridized carbons (Fsp3) is 0.182. The number of nitrogens with two attached hydrogens (primary N) is 1. The molecule has 1 aromatic carbocycles. The molecule has 0 spiro atoms. The van der Waals surface area contributed by atoms with Crippen molar-refractivity contribution in [2.24, 2.45) is 5.73 Å². The molecule has 0 aliphatic carbocycles. The molecule has 15 heavy (non-hydrogen) atoms. The molecule has 0 amide bonds. The average Bonchev–Trinajstić information content (AvgIpc) is 2.67. The van der Waals surface area contributed by atoms with Gasteiger partial charge in [0.25, 0.3) is 0 Å². The fourth-order valence-electron chi connectivity index (χ4n) is 1.42. The van der Waals surface area contributed by atoms with Crippen LogP contribution in [0.1, 0.15) is 5.56 Å². The van der Waals surface area contributed by atoms with Gasteiger partial charge in [-0.2, -0.15) is 5.10 Å². The molecule has 0 atom stereocenters. The van der Waals surface area contributed by atoms with Crippen molar-refractivity contribution < 1.29 is 4.39 Å². The van der Waals surface area contributed by atoms with Gasteiger partial charge in [-0.3, -0.25) is 0 Å². The molecule has 0 bridgehead atoms. The Hall–Kier alpha value is -1.68. The lowest BCUT2D eigenvalue weighted by molar-refractivity contribution is 0.625. The molecule has 0 unspecified atom stereocenters. The molecule has 0 aliphatic heterocycles. The molecular formula is C11H12FN3. The van der Waals surface area contributed by atoms with E-state index in [0.717, 1.165) is 17.7 Å². The molecule has 2 rings (SSSR count). The van der Waals surface area contributed by atoms with Gasteiger partial charge in [0.15, 0.2) is 0 Å². The summed E-state index contributed by atoms with van der Waals surface area (Å²) in [7, 11) is 0. The Morgan fingerprint density at radius 2 is 2.27 bits per heavy atom. The van der Waals surface area contributed by atoms with Gasteiger partial charge in [0.1, 0.15) is 5.82 Å². The van der Waals surface area contributed by atoms with E-state index in [-0.39, 0.29) is 5.82 Å². The first kappa shape index (κ1) is 9.86. The second-order valence-corrected chi connectivity index (χ2v) is 3.31. The Labute approximate surface area is 87.3 Å². The Balaban J connectivity index is 2.29. The third kappa shape index (κ3) is 2.22. The van der Waals surface area contributed by atoms with E-state index in [1.165, 1.54) is 12.1 Å². The zero-order valence-corrected chi connectivity index (χ0v) is 8.23. The van der Waals surface area contributed by atoms with Crippen LogP contribution in [-0.4, -0.2) is 16.3 Å². The first-order valence-corrected chi connectivity index (χ1v) is 4.79. The highest BCUT2D eigenvalue weighted by Gasteiger charge is 2.00. The van der Waals surface area contributed by atoms with E-state index in [9.17, 15) is 4.39 Å². The summed E-state index contributed by atoms with van der Waals surface area (Å²) in [5, 5.41) is 4.14. The quantitative estimate of drug-likeness (QED) is 0.825. The second kappa shape index (κ2) is 4.23. The Kier molecular flexibility index (Phi) is 2.78. The summed E-state index contributed by atoms with van der Waals surface area (Å²) in [6, 6.07) is 6.32. The van der Waals surface area contributed by atoms with Gasteiger partial charge in [0, 0.05) is 6.20 Å². The molecule has 1 aromatic heterocycles. The van der Waals surface area contributed by atoms with Crippen molar-refractivity contribution in [1.29, 1.82) is 0 Å². The largest absolute Gasteiger partial charge is 0.330 e. The lowest BCUT2D eigenvalue weighted by Gasteiger charge is -2.00. The maximum atomic E-state index is 12.9. The van der Waals surface area contributed by atoms with Crippen molar-refractivity contribution in [1.82, 2.24) is 9.78 Å². The summed E-state index contributed by atoms with van der Waals surface area (Å²) in [5.74, 6) is -0.261. The van der Waals surface area contributed by atoms with Crippen molar-refractivity contribution in [3.8, 4) is 5.69 Å². The smallest absolute Gasteiger partial charge is 0.125 e. The van der Waals surface area contributed by atoms with Crippen molar-refractivity contribution in [3.63, 3.8) is 0 Å². The second-order valence-electron chi connectivity index (χ2n) is 3.31. The zero-order chi connectivity index (χ0) is 10.7. The first-order chi connectivity index (χ1) is 7.29. The average molecular weight is 205 g/mol. The van der Waals surface area contributed by atoms with Crippen molar-refractivity contribution in [2.75, 3.05) is 6.54 Å². The van der Waals surface area contributed by atoms with Crippen LogP contribution < -0.4 is 5.73 Å². The van der Waals surface area contributed by atoms with E-state index in [1.54, 1.807) is 16.9 Å². The maximum absolute atomic E-state index is 12.9. The van der Waals surface area contributed by atoms with Crippen LogP contribution in [0.4, 0.5) is 4.39 Å². The van der Waals surface area contributed by atoms with E-state index in [1.807, 2.05) is 12.3 Å². The normalized spacial score (nSPS) is 10.5. The minimum absolute atomic E-state index is 0.261. The molecule has 0 aliphatic rings. The van der Waals surface area contributed by atoms with Gasteiger partial charge in [0.2, 0.25) is 0 Å². The van der Waals surface area contributed by atoms with Gasteiger partial charge in [-0.1, -0.05) is 6.07 Å². The van der Waals surface area contributed by atoms with E-state index in [0.29, 0.717) is 6.54 Å². The van der Waals surface area contributed by atoms with Crippen LogP contribution in [0.5, 0.6) is 0 Å². The summed E-state index contributed by atoms with van der Waals surface area (Å²) in [5.41, 5.74) is 7.21. The van der Waals surface area contributed by atoms with Crippen molar-refractivity contribution >= 4 is 0 Å². The van der Waals surface area contributed by atoms with Crippen LogP contribution in [0.15, 0.2) is 36.7 Å². The van der Waals surface area contributed by atoms with Crippen molar-refractivity contribution in [2.45, 2.75) is 6.42 Å². The predicted octanol–water partition coefficient (Wildman–Crippen LogP) is 1.51. The highest BCUT2D eigenvalue weighted by Crippen LogP contribution is 2.09. The van der Waals surface area contributed by atoms with Gasteiger partial charge in [-0.15, -0.1) is 0 Å². The lowest BCUT2D eigenvalue weighted by atomic mass is 10.2. The molecule has 2 N–H and O–H groups in total. The molecule has 78 valence electrons. The van der Waals surface area contributed by atoms with E-state index in [2.05, 4.69) is 5.10 Å². The summed E-state index contributed by atoms with van der Waals surface area (Å²) < 4.78 is 14.6. The molecule has 0 saturated carbocycles. The van der Waals surface area contributed by atoms with Crippen LogP contribution in [0.2, 0.25) is 0 Å². The summed E-state index contributed by atoms with van der Waals surface area (Å²) in [4.78, 5) is 0. The Morgan fingerprint density at radius 3 is 3.00 bits per heavy atom. The first-order valence-electron chi connectivity index (χ1n) is 4.79. The molecular weight excluding hydrogens is 193 g/mol. The molecule has 0 fully saturated rings. The van der Waals surface area contributed by atoms with E-state index < -0.39 is 0 Å². The lowest BCUT2D eigenvalue weighted by Crippen LogP contribution is -2.01. The SMILES string of the molecule is NCCc1cnn(-c2cccc(F)c2)c1. The van der Waals surface area contributed by atoms with Crippen LogP contribution in [-0.2, 0) is 6.42 Å².